The molecule has 1 aromatic rings. The van der Waals surface area contributed by atoms with Gasteiger partial charge in [0.15, 0.2) is 6.61 Å². The van der Waals surface area contributed by atoms with Crippen LogP contribution in [0.15, 0.2) is 12.1 Å². The van der Waals surface area contributed by atoms with E-state index in [0.29, 0.717) is 12.3 Å². The van der Waals surface area contributed by atoms with Crippen LogP contribution in [0.25, 0.3) is 0 Å². The van der Waals surface area contributed by atoms with Gasteiger partial charge in [0.1, 0.15) is 5.75 Å². The molecule has 0 fully saturated rings. The molecule has 0 bridgehead atoms. The highest BCUT2D eigenvalue weighted by molar-refractivity contribution is 5.77. The third-order valence-electron chi connectivity index (χ3n) is 2.67. The number of hydrogen-bond donors (Lipinski definition) is 2. The second-order valence-electron chi connectivity index (χ2n) is 6.51. The quantitative estimate of drug-likeness (QED) is 0.844. The monoisotopic (exact) mass is 293 g/mol. The fourth-order valence-corrected chi connectivity index (χ4v) is 1.71. The molecule has 0 aliphatic rings. The predicted molar refractivity (Wildman–Crippen MR) is 84.3 cm³/mol. The van der Waals surface area contributed by atoms with E-state index in [-0.39, 0.29) is 24.1 Å². The Labute approximate surface area is 127 Å². The molecule has 0 aliphatic heterocycles. The van der Waals surface area contributed by atoms with Gasteiger partial charge in [0.25, 0.3) is 5.91 Å². The number of hydrogen-bond acceptors (Lipinski definition) is 4. The summed E-state index contributed by atoms with van der Waals surface area (Å²) in [6, 6.07) is 3.86. The van der Waals surface area contributed by atoms with E-state index in [1.807, 2.05) is 32.9 Å². The number of amides is 1. The predicted octanol–water partition coefficient (Wildman–Crippen LogP) is 2.18. The van der Waals surface area contributed by atoms with Crippen LogP contribution in [0, 0.1) is 6.92 Å². The Morgan fingerprint density at radius 2 is 2.00 bits per heavy atom. The lowest BCUT2D eigenvalue weighted by molar-refractivity contribution is -0.123. The van der Waals surface area contributed by atoms with E-state index in [2.05, 4.69) is 36.4 Å². The first-order chi connectivity index (χ1) is 9.67. The van der Waals surface area contributed by atoms with Crippen LogP contribution >= 0.6 is 0 Å². The van der Waals surface area contributed by atoms with Crippen LogP contribution in [0.3, 0.4) is 0 Å². The fourth-order valence-electron chi connectivity index (χ4n) is 1.71. The molecule has 0 spiro atoms. The number of aromatic nitrogens is 1. The maximum atomic E-state index is 11.7. The van der Waals surface area contributed by atoms with Gasteiger partial charge in [-0.05, 0) is 53.7 Å². The van der Waals surface area contributed by atoms with Crippen LogP contribution in [0.2, 0.25) is 0 Å². The number of carbonyl (C=O) groups is 1. The van der Waals surface area contributed by atoms with Crippen molar-refractivity contribution in [3.63, 3.8) is 0 Å². The van der Waals surface area contributed by atoms with Crippen molar-refractivity contribution in [2.45, 2.75) is 59.7 Å². The van der Waals surface area contributed by atoms with Gasteiger partial charge in [0.05, 0.1) is 5.69 Å². The maximum Gasteiger partial charge on any atom is 0.258 e. The Morgan fingerprint density at radius 3 is 2.57 bits per heavy atom. The van der Waals surface area contributed by atoms with E-state index in [0.717, 1.165) is 11.4 Å². The molecular formula is C16H27N3O2. The number of nitrogens with one attached hydrogen (secondary N) is 2. The molecule has 0 saturated carbocycles. The zero-order valence-electron chi connectivity index (χ0n) is 13.9. The number of carbonyl (C=O) groups excluding carboxylic acids is 1. The topological polar surface area (TPSA) is 63.2 Å². The Bertz CT molecular complexity index is 479. The second kappa shape index (κ2) is 7.41. The first kappa shape index (κ1) is 17.4. The fraction of sp³-hybridized carbons (Fsp3) is 0.625. The second-order valence-corrected chi connectivity index (χ2v) is 6.51. The maximum absolute atomic E-state index is 11.7. The highest BCUT2D eigenvalue weighted by Gasteiger charge is 2.13. The van der Waals surface area contributed by atoms with Crippen LogP contribution in [-0.2, 0) is 11.3 Å². The lowest BCUT2D eigenvalue weighted by Crippen LogP contribution is -2.36. The van der Waals surface area contributed by atoms with E-state index in [9.17, 15) is 4.79 Å². The Balaban J connectivity index is 2.70. The van der Waals surface area contributed by atoms with Gasteiger partial charge < -0.3 is 15.4 Å². The molecule has 1 amide bonds. The molecule has 1 aromatic heterocycles. The van der Waals surface area contributed by atoms with Crippen LogP contribution in [0.5, 0.6) is 5.75 Å². The van der Waals surface area contributed by atoms with Crippen molar-refractivity contribution in [3.05, 3.63) is 23.5 Å². The summed E-state index contributed by atoms with van der Waals surface area (Å²) in [4.78, 5) is 16.1. The molecule has 5 nitrogen and oxygen atoms in total. The lowest BCUT2D eigenvalue weighted by Gasteiger charge is -2.21. The molecule has 1 heterocycles. The molecule has 5 heteroatoms. The number of pyridine rings is 1. The van der Waals surface area contributed by atoms with Gasteiger partial charge in [0.2, 0.25) is 0 Å². The Kier molecular flexibility index (Phi) is 6.15. The summed E-state index contributed by atoms with van der Waals surface area (Å²) in [5.74, 6) is 0.525. The number of aryl methyl sites for hydroxylation is 1. The lowest BCUT2D eigenvalue weighted by atomic mass is 10.1. The molecule has 21 heavy (non-hydrogen) atoms. The van der Waals surface area contributed by atoms with Crippen molar-refractivity contribution in [2.24, 2.45) is 0 Å². The highest BCUT2D eigenvalue weighted by Crippen LogP contribution is 2.17. The molecule has 0 saturated heterocycles. The number of ether oxygens (including phenoxy) is 1. The molecule has 1 rings (SSSR count). The summed E-state index contributed by atoms with van der Waals surface area (Å²) in [6.07, 6.45) is 0. The van der Waals surface area contributed by atoms with Crippen LogP contribution < -0.4 is 15.4 Å². The van der Waals surface area contributed by atoms with Gasteiger partial charge in [-0.1, -0.05) is 0 Å². The van der Waals surface area contributed by atoms with Gasteiger partial charge in [-0.25, -0.2) is 0 Å². The average molecular weight is 293 g/mol. The number of rotatable bonds is 6. The summed E-state index contributed by atoms with van der Waals surface area (Å²) < 4.78 is 5.61. The van der Waals surface area contributed by atoms with Gasteiger partial charge in [0, 0.05) is 23.8 Å². The van der Waals surface area contributed by atoms with Crippen molar-refractivity contribution in [2.75, 3.05) is 6.61 Å². The minimum atomic E-state index is -0.125. The Hall–Kier alpha value is -1.62. The zero-order chi connectivity index (χ0) is 16.0. The molecular weight excluding hydrogens is 266 g/mol. The molecule has 0 aromatic carbocycles. The van der Waals surface area contributed by atoms with Crippen LogP contribution in [0.4, 0.5) is 0 Å². The molecule has 118 valence electrons. The van der Waals surface area contributed by atoms with Crippen molar-refractivity contribution in [3.8, 4) is 5.75 Å². The summed E-state index contributed by atoms with van der Waals surface area (Å²) in [7, 11) is 0. The van der Waals surface area contributed by atoms with Gasteiger partial charge in [-0.2, -0.15) is 0 Å². The summed E-state index contributed by atoms with van der Waals surface area (Å²) in [6.45, 7) is 12.7. The van der Waals surface area contributed by atoms with E-state index in [4.69, 9.17) is 4.74 Å². The smallest absolute Gasteiger partial charge is 0.258 e. The van der Waals surface area contributed by atoms with Crippen molar-refractivity contribution in [1.29, 1.82) is 0 Å². The minimum Gasteiger partial charge on any atom is -0.482 e. The van der Waals surface area contributed by atoms with E-state index >= 15 is 0 Å². The third kappa shape index (κ3) is 7.09. The molecule has 0 atom stereocenters. The summed E-state index contributed by atoms with van der Waals surface area (Å²) in [5, 5.41) is 6.18. The first-order valence-corrected chi connectivity index (χ1v) is 7.31. The van der Waals surface area contributed by atoms with Gasteiger partial charge >= 0.3 is 0 Å². The normalized spacial score (nSPS) is 11.6. The molecule has 0 unspecified atom stereocenters. The zero-order valence-corrected chi connectivity index (χ0v) is 13.9. The molecule has 0 aliphatic carbocycles. The average Bonchev–Trinajstić information content (AvgIpc) is 2.33. The van der Waals surface area contributed by atoms with E-state index in [1.165, 1.54) is 0 Å². The van der Waals surface area contributed by atoms with Crippen molar-refractivity contribution < 1.29 is 9.53 Å². The largest absolute Gasteiger partial charge is 0.482 e. The van der Waals surface area contributed by atoms with Crippen molar-refractivity contribution >= 4 is 5.91 Å². The van der Waals surface area contributed by atoms with E-state index in [1.54, 1.807) is 0 Å². The van der Waals surface area contributed by atoms with E-state index < -0.39 is 0 Å². The standard InChI is InChI=1S/C16H27N3O2/c1-11(2)18-15(20)10-21-14-8-7-12(3)19-13(14)9-17-16(4,5)6/h7-8,11,17H,9-10H2,1-6H3,(H,18,20). The number of nitrogens with zero attached hydrogens (tertiary/aromatic N) is 1. The third-order valence-corrected chi connectivity index (χ3v) is 2.67. The highest BCUT2D eigenvalue weighted by atomic mass is 16.5. The van der Waals surface area contributed by atoms with Gasteiger partial charge in [-0.15, -0.1) is 0 Å². The minimum absolute atomic E-state index is 0.00227. The van der Waals surface area contributed by atoms with Crippen LogP contribution in [-0.4, -0.2) is 29.1 Å². The first-order valence-electron chi connectivity index (χ1n) is 7.31. The molecule has 2 N–H and O–H groups in total. The Morgan fingerprint density at radius 1 is 1.33 bits per heavy atom. The molecule has 0 radical (unpaired) electrons. The van der Waals surface area contributed by atoms with Gasteiger partial charge in [-0.3, -0.25) is 9.78 Å². The summed E-state index contributed by atoms with van der Waals surface area (Å²) in [5.41, 5.74) is 1.75. The SMILES string of the molecule is Cc1ccc(OCC(=O)NC(C)C)c(CNC(C)(C)C)n1. The summed E-state index contributed by atoms with van der Waals surface area (Å²) >= 11 is 0. The van der Waals surface area contributed by atoms with Crippen molar-refractivity contribution in [1.82, 2.24) is 15.6 Å². The van der Waals surface area contributed by atoms with Crippen LogP contribution in [0.1, 0.15) is 46.0 Å².